The Hall–Kier alpha value is -0.940. The molecule has 4 nitrogen and oxygen atoms in total. The molecule has 1 aromatic carbocycles. The van der Waals surface area contributed by atoms with Gasteiger partial charge in [-0.05, 0) is 24.1 Å². The summed E-state index contributed by atoms with van der Waals surface area (Å²) in [6.45, 7) is 1.81. The molecule has 0 saturated heterocycles. The molecule has 90 valence electrons. The van der Waals surface area contributed by atoms with Crippen molar-refractivity contribution in [1.29, 1.82) is 0 Å². The molecule has 0 heterocycles. The van der Waals surface area contributed by atoms with Gasteiger partial charge < -0.3 is 9.47 Å². The average Bonchev–Trinajstić information content (AvgIpc) is 2.14. The lowest BCUT2D eigenvalue weighted by Gasteiger charge is -2.12. The minimum Gasteiger partial charge on any atom is -0.493 e. The number of ether oxygens (including phenoxy) is 2. The van der Waals surface area contributed by atoms with E-state index in [9.17, 15) is 8.42 Å². The largest absolute Gasteiger partial charge is 0.493 e. The Bertz CT molecular complexity index is 482. The van der Waals surface area contributed by atoms with E-state index in [4.69, 9.17) is 20.2 Å². The Balaban J connectivity index is 3.20. The van der Waals surface area contributed by atoms with Crippen LogP contribution in [0.5, 0.6) is 11.5 Å². The zero-order chi connectivity index (χ0) is 12.3. The molecule has 0 saturated carbocycles. The molecule has 16 heavy (non-hydrogen) atoms. The van der Waals surface area contributed by atoms with Crippen LogP contribution in [-0.4, -0.2) is 22.6 Å². The van der Waals surface area contributed by atoms with Crippen molar-refractivity contribution in [2.45, 2.75) is 12.7 Å². The normalized spacial score (nSPS) is 11.2. The van der Waals surface area contributed by atoms with E-state index in [1.807, 2.05) is 6.92 Å². The van der Waals surface area contributed by atoms with Gasteiger partial charge in [0, 0.05) is 10.7 Å². The molecule has 0 atom stereocenters. The Labute approximate surface area is 99.6 Å². The van der Waals surface area contributed by atoms with Gasteiger partial charge in [0.2, 0.25) is 9.05 Å². The lowest BCUT2D eigenvalue weighted by atomic mass is 10.1. The Morgan fingerprint density at radius 2 is 1.88 bits per heavy atom. The van der Waals surface area contributed by atoms with Crippen LogP contribution in [0.3, 0.4) is 0 Å². The predicted octanol–water partition coefficient (Wildman–Crippen LogP) is 2.08. The standard InChI is InChI=1S/C10H13ClO4S/c1-7-4-8(6-16(11,12)13)5-9(14-2)10(7)15-3/h4-5H,6H2,1-3H3. The highest BCUT2D eigenvalue weighted by atomic mass is 35.7. The van der Waals surface area contributed by atoms with Crippen LogP contribution in [0.2, 0.25) is 0 Å². The van der Waals surface area contributed by atoms with Crippen molar-refractivity contribution in [2.24, 2.45) is 0 Å². The van der Waals surface area contributed by atoms with Gasteiger partial charge in [-0.15, -0.1) is 0 Å². The van der Waals surface area contributed by atoms with Gasteiger partial charge in [0.15, 0.2) is 11.5 Å². The highest BCUT2D eigenvalue weighted by Gasteiger charge is 2.13. The quantitative estimate of drug-likeness (QED) is 0.782. The molecule has 0 aliphatic heterocycles. The molecule has 1 rings (SSSR count). The smallest absolute Gasteiger partial charge is 0.236 e. The second kappa shape index (κ2) is 4.93. The van der Waals surface area contributed by atoms with E-state index >= 15 is 0 Å². The summed E-state index contributed by atoms with van der Waals surface area (Å²) in [5.74, 6) is 0.867. The maximum absolute atomic E-state index is 11.0. The van der Waals surface area contributed by atoms with E-state index in [0.717, 1.165) is 5.56 Å². The fourth-order valence-electron chi connectivity index (χ4n) is 1.51. The average molecular weight is 265 g/mol. The molecule has 1 aromatic rings. The van der Waals surface area contributed by atoms with E-state index in [-0.39, 0.29) is 5.75 Å². The van der Waals surface area contributed by atoms with E-state index < -0.39 is 9.05 Å². The number of aryl methyl sites for hydroxylation is 1. The summed E-state index contributed by atoms with van der Waals surface area (Å²) in [7, 11) is 4.65. The van der Waals surface area contributed by atoms with Crippen LogP contribution >= 0.6 is 10.7 Å². The second-order valence-electron chi connectivity index (χ2n) is 3.33. The number of rotatable bonds is 4. The summed E-state index contributed by atoms with van der Waals surface area (Å²) in [4.78, 5) is 0. The first-order chi connectivity index (χ1) is 7.37. The van der Waals surface area contributed by atoms with Gasteiger partial charge in [0.1, 0.15) is 0 Å². The molecule has 0 unspecified atom stereocenters. The third-order valence-electron chi connectivity index (χ3n) is 2.06. The first-order valence-electron chi connectivity index (χ1n) is 4.51. The molecule has 0 amide bonds. The summed E-state index contributed by atoms with van der Waals surface area (Å²) >= 11 is 0. The maximum atomic E-state index is 11.0. The zero-order valence-electron chi connectivity index (χ0n) is 9.28. The van der Waals surface area contributed by atoms with Crippen molar-refractivity contribution in [3.8, 4) is 11.5 Å². The minimum atomic E-state index is -3.56. The molecule has 0 radical (unpaired) electrons. The van der Waals surface area contributed by atoms with Crippen molar-refractivity contribution in [3.05, 3.63) is 23.3 Å². The molecule has 6 heteroatoms. The Kier molecular flexibility index (Phi) is 4.04. The van der Waals surface area contributed by atoms with E-state index in [2.05, 4.69) is 0 Å². The number of benzene rings is 1. The third kappa shape index (κ3) is 3.28. The van der Waals surface area contributed by atoms with Gasteiger partial charge in [-0.2, -0.15) is 0 Å². The number of halogens is 1. The number of hydrogen-bond donors (Lipinski definition) is 0. The number of hydrogen-bond acceptors (Lipinski definition) is 4. The van der Waals surface area contributed by atoms with Gasteiger partial charge >= 0.3 is 0 Å². The summed E-state index contributed by atoms with van der Waals surface area (Å²) in [6.07, 6.45) is 0. The Morgan fingerprint density at radius 1 is 1.25 bits per heavy atom. The maximum Gasteiger partial charge on any atom is 0.236 e. The van der Waals surface area contributed by atoms with Crippen LogP contribution in [0.4, 0.5) is 0 Å². The van der Waals surface area contributed by atoms with Crippen molar-refractivity contribution < 1.29 is 17.9 Å². The van der Waals surface area contributed by atoms with E-state index in [1.165, 1.54) is 14.2 Å². The first kappa shape index (κ1) is 13.1. The van der Waals surface area contributed by atoms with Crippen LogP contribution in [-0.2, 0) is 14.8 Å². The van der Waals surface area contributed by atoms with Crippen LogP contribution in [0, 0.1) is 6.92 Å². The molecule has 0 spiro atoms. The fraction of sp³-hybridized carbons (Fsp3) is 0.400. The molecule has 0 aliphatic carbocycles. The molecule has 0 aromatic heterocycles. The lowest BCUT2D eigenvalue weighted by molar-refractivity contribution is 0.352. The lowest BCUT2D eigenvalue weighted by Crippen LogP contribution is -1.99. The topological polar surface area (TPSA) is 52.6 Å². The van der Waals surface area contributed by atoms with E-state index in [0.29, 0.717) is 17.1 Å². The predicted molar refractivity (Wildman–Crippen MR) is 62.8 cm³/mol. The van der Waals surface area contributed by atoms with Crippen molar-refractivity contribution in [2.75, 3.05) is 14.2 Å². The summed E-state index contributed by atoms with van der Waals surface area (Å²) < 4.78 is 32.2. The Morgan fingerprint density at radius 3 is 2.31 bits per heavy atom. The van der Waals surface area contributed by atoms with Crippen molar-refractivity contribution in [1.82, 2.24) is 0 Å². The van der Waals surface area contributed by atoms with E-state index in [1.54, 1.807) is 12.1 Å². The van der Waals surface area contributed by atoms with Gasteiger partial charge in [-0.25, -0.2) is 8.42 Å². The fourth-order valence-corrected chi connectivity index (χ4v) is 2.45. The minimum absolute atomic E-state index is 0.226. The van der Waals surface area contributed by atoms with Crippen LogP contribution in [0.25, 0.3) is 0 Å². The van der Waals surface area contributed by atoms with Gasteiger partial charge in [0.25, 0.3) is 0 Å². The van der Waals surface area contributed by atoms with Crippen LogP contribution in [0.15, 0.2) is 12.1 Å². The van der Waals surface area contributed by atoms with Gasteiger partial charge in [0.05, 0.1) is 20.0 Å². The second-order valence-corrected chi connectivity index (χ2v) is 6.11. The van der Waals surface area contributed by atoms with Crippen LogP contribution in [0.1, 0.15) is 11.1 Å². The molecule has 0 aliphatic rings. The van der Waals surface area contributed by atoms with Gasteiger partial charge in [-0.1, -0.05) is 6.07 Å². The zero-order valence-corrected chi connectivity index (χ0v) is 10.9. The van der Waals surface area contributed by atoms with Crippen molar-refractivity contribution in [3.63, 3.8) is 0 Å². The third-order valence-corrected chi connectivity index (χ3v) is 3.07. The number of methoxy groups -OCH3 is 2. The monoisotopic (exact) mass is 264 g/mol. The SMILES string of the molecule is COc1cc(CS(=O)(=O)Cl)cc(C)c1OC. The van der Waals surface area contributed by atoms with Gasteiger partial charge in [-0.3, -0.25) is 0 Å². The highest BCUT2D eigenvalue weighted by Crippen LogP contribution is 2.32. The van der Waals surface area contributed by atoms with Crippen LogP contribution < -0.4 is 9.47 Å². The summed E-state index contributed by atoms with van der Waals surface area (Å²) in [6, 6.07) is 3.31. The molecule has 0 N–H and O–H groups in total. The molecular formula is C10H13ClO4S. The summed E-state index contributed by atoms with van der Waals surface area (Å²) in [5.41, 5.74) is 1.38. The highest BCUT2D eigenvalue weighted by molar-refractivity contribution is 8.13. The summed E-state index contributed by atoms with van der Waals surface area (Å²) in [5, 5.41) is 0. The molecule has 0 fully saturated rings. The molecular weight excluding hydrogens is 252 g/mol. The first-order valence-corrected chi connectivity index (χ1v) is 6.99. The molecule has 0 bridgehead atoms. The van der Waals surface area contributed by atoms with Crippen molar-refractivity contribution >= 4 is 19.7 Å².